The van der Waals surface area contributed by atoms with Crippen molar-refractivity contribution >= 4 is 11.7 Å². The summed E-state index contributed by atoms with van der Waals surface area (Å²) in [4.78, 5) is 13.8. The standard InChI is InChI=1S/C18H25NO2/c1-13(18(20)21)11-16-12-14-7-5-6-10-17(14)19(16)15-8-3-2-4-9-15/h5-7,10,13,15-16H,2-4,8-9,11-12H2,1H3,(H,20,21). The first-order valence-corrected chi connectivity index (χ1v) is 8.26. The highest BCUT2D eigenvalue weighted by atomic mass is 16.4. The van der Waals surface area contributed by atoms with Crippen LogP contribution in [0.3, 0.4) is 0 Å². The first-order valence-electron chi connectivity index (χ1n) is 8.26. The van der Waals surface area contributed by atoms with Gasteiger partial charge in [-0.25, -0.2) is 0 Å². The molecule has 1 fully saturated rings. The summed E-state index contributed by atoms with van der Waals surface area (Å²) in [5.74, 6) is -0.940. The van der Waals surface area contributed by atoms with E-state index < -0.39 is 5.97 Å². The summed E-state index contributed by atoms with van der Waals surface area (Å²) in [5.41, 5.74) is 2.75. The highest BCUT2D eigenvalue weighted by Gasteiger charge is 2.35. The molecule has 114 valence electrons. The van der Waals surface area contributed by atoms with E-state index in [4.69, 9.17) is 0 Å². The number of hydrogen-bond acceptors (Lipinski definition) is 2. The molecule has 0 radical (unpaired) electrons. The van der Waals surface area contributed by atoms with E-state index in [0.29, 0.717) is 12.1 Å². The molecule has 2 aliphatic rings. The van der Waals surface area contributed by atoms with Gasteiger partial charge in [-0.15, -0.1) is 0 Å². The fourth-order valence-corrected chi connectivity index (χ4v) is 4.04. The molecule has 21 heavy (non-hydrogen) atoms. The number of carbonyl (C=O) groups is 1. The zero-order chi connectivity index (χ0) is 14.8. The lowest BCUT2D eigenvalue weighted by Crippen LogP contribution is -2.43. The Labute approximate surface area is 127 Å². The first kappa shape index (κ1) is 14.4. The zero-order valence-corrected chi connectivity index (χ0v) is 12.8. The van der Waals surface area contributed by atoms with E-state index in [0.717, 1.165) is 12.8 Å². The van der Waals surface area contributed by atoms with E-state index >= 15 is 0 Å². The molecule has 3 rings (SSSR count). The van der Waals surface area contributed by atoms with Gasteiger partial charge in [0.1, 0.15) is 0 Å². The summed E-state index contributed by atoms with van der Waals surface area (Å²) in [7, 11) is 0. The maximum absolute atomic E-state index is 11.2. The molecule has 1 aliphatic carbocycles. The van der Waals surface area contributed by atoms with E-state index in [2.05, 4.69) is 29.2 Å². The third-order valence-corrected chi connectivity index (χ3v) is 5.13. The lowest BCUT2D eigenvalue weighted by Gasteiger charge is -2.38. The van der Waals surface area contributed by atoms with E-state index in [1.165, 1.54) is 43.4 Å². The van der Waals surface area contributed by atoms with Crippen molar-refractivity contribution in [2.45, 2.75) is 64.0 Å². The summed E-state index contributed by atoms with van der Waals surface area (Å²) < 4.78 is 0. The first-order chi connectivity index (χ1) is 10.2. The number of aliphatic carboxylic acids is 1. The minimum atomic E-state index is -0.672. The fraction of sp³-hybridized carbons (Fsp3) is 0.611. The maximum Gasteiger partial charge on any atom is 0.306 e. The lowest BCUT2D eigenvalue weighted by atomic mass is 9.92. The van der Waals surface area contributed by atoms with Gasteiger partial charge in [-0.2, -0.15) is 0 Å². The van der Waals surface area contributed by atoms with Gasteiger partial charge in [0.15, 0.2) is 0 Å². The van der Waals surface area contributed by atoms with Gasteiger partial charge < -0.3 is 10.0 Å². The SMILES string of the molecule is CC(CC1Cc2ccccc2N1C1CCCCC1)C(=O)O. The fourth-order valence-electron chi connectivity index (χ4n) is 4.04. The predicted octanol–water partition coefficient (Wildman–Crippen LogP) is 3.86. The summed E-state index contributed by atoms with van der Waals surface area (Å²) in [6.45, 7) is 1.84. The van der Waals surface area contributed by atoms with Crippen molar-refractivity contribution < 1.29 is 9.90 Å². The molecule has 0 aromatic heterocycles. The molecule has 1 aliphatic heterocycles. The van der Waals surface area contributed by atoms with Crippen molar-refractivity contribution in [1.82, 2.24) is 0 Å². The van der Waals surface area contributed by atoms with Gasteiger partial charge in [-0.1, -0.05) is 44.4 Å². The second kappa shape index (κ2) is 6.08. The number of carboxylic acid groups (broad SMARTS) is 1. The number of fused-ring (bicyclic) bond motifs is 1. The van der Waals surface area contributed by atoms with Crippen LogP contribution in [0.5, 0.6) is 0 Å². The summed E-state index contributed by atoms with van der Waals surface area (Å²) in [6.07, 6.45) is 8.24. The highest BCUT2D eigenvalue weighted by molar-refractivity contribution is 5.70. The Kier molecular flexibility index (Phi) is 4.18. The van der Waals surface area contributed by atoms with Crippen LogP contribution in [-0.2, 0) is 11.2 Å². The van der Waals surface area contributed by atoms with Crippen LogP contribution in [0.4, 0.5) is 5.69 Å². The van der Waals surface area contributed by atoms with Gasteiger partial charge in [0.05, 0.1) is 5.92 Å². The van der Waals surface area contributed by atoms with E-state index in [9.17, 15) is 9.90 Å². The molecule has 2 atom stereocenters. The Balaban J connectivity index is 1.84. The minimum absolute atomic E-state index is 0.268. The lowest BCUT2D eigenvalue weighted by molar-refractivity contribution is -0.141. The van der Waals surface area contributed by atoms with Crippen LogP contribution < -0.4 is 4.90 Å². The Bertz CT molecular complexity index is 508. The number of carboxylic acids is 1. The molecular weight excluding hydrogens is 262 g/mol. The quantitative estimate of drug-likeness (QED) is 0.914. The number of nitrogens with zero attached hydrogens (tertiary/aromatic N) is 1. The smallest absolute Gasteiger partial charge is 0.306 e. The van der Waals surface area contributed by atoms with Crippen molar-refractivity contribution in [3.63, 3.8) is 0 Å². The second-order valence-corrected chi connectivity index (χ2v) is 6.66. The van der Waals surface area contributed by atoms with Crippen LogP contribution in [0.25, 0.3) is 0 Å². The number of para-hydroxylation sites is 1. The van der Waals surface area contributed by atoms with E-state index in [-0.39, 0.29) is 5.92 Å². The number of anilines is 1. The average molecular weight is 287 g/mol. The molecule has 0 saturated heterocycles. The van der Waals surface area contributed by atoms with Crippen molar-refractivity contribution in [2.24, 2.45) is 5.92 Å². The van der Waals surface area contributed by atoms with Gasteiger partial charge in [0.25, 0.3) is 0 Å². The topological polar surface area (TPSA) is 40.5 Å². The van der Waals surface area contributed by atoms with Crippen molar-refractivity contribution in [2.75, 3.05) is 4.90 Å². The Morgan fingerprint density at radius 3 is 2.71 bits per heavy atom. The predicted molar refractivity (Wildman–Crippen MR) is 84.7 cm³/mol. The molecular formula is C18H25NO2. The summed E-state index contributed by atoms with van der Waals surface area (Å²) >= 11 is 0. The van der Waals surface area contributed by atoms with Gasteiger partial charge in [0.2, 0.25) is 0 Å². The molecule has 3 heteroatoms. The number of hydrogen-bond donors (Lipinski definition) is 1. The Hall–Kier alpha value is -1.51. The average Bonchev–Trinajstić information content (AvgIpc) is 2.85. The molecule has 1 heterocycles. The normalized spacial score (nSPS) is 23.9. The molecule has 1 N–H and O–H groups in total. The molecule has 3 nitrogen and oxygen atoms in total. The molecule has 0 bridgehead atoms. The highest BCUT2D eigenvalue weighted by Crippen LogP contribution is 2.39. The number of rotatable bonds is 4. The van der Waals surface area contributed by atoms with Gasteiger partial charge in [-0.3, -0.25) is 4.79 Å². The van der Waals surface area contributed by atoms with Crippen LogP contribution in [-0.4, -0.2) is 23.2 Å². The number of benzene rings is 1. The zero-order valence-electron chi connectivity index (χ0n) is 12.8. The minimum Gasteiger partial charge on any atom is -0.481 e. The Morgan fingerprint density at radius 1 is 1.29 bits per heavy atom. The third-order valence-electron chi connectivity index (χ3n) is 5.13. The maximum atomic E-state index is 11.2. The van der Waals surface area contributed by atoms with Crippen LogP contribution >= 0.6 is 0 Å². The van der Waals surface area contributed by atoms with Gasteiger partial charge >= 0.3 is 5.97 Å². The van der Waals surface area contributed by atoms with Crippen LogP contribution in [0.15, 0.2) is 24.3 Å². The van der Waals surface area contributed by atoms with E-state index in [1.54, 1.807) is 0 Å². The van der Waals surface area contributed by atoms with E-state index in [1.807, 2.05) is 6.92 Å². The molecule has 1 aromatic rings. The van der Waals surface area contributed by atoms with Crippen LogP contribution in [0, 0.1) is 5.92 Å². The largest absolute Gasteiger partial charge is 0.481 e. The molecule has 0 amide bonds. The third kappa shape index (κ3) is 2.92. The molecule has 1 aromatic carbocycles. The van der Waals surface area contributed by atoms with Crippen LogP contribution in [0.2, 0.25) is 0 Å². The Morgan fingerprint density at radius 2 is 2.00 bits per heavy atom. The molecule has 1 saturated carbocycles. The van der Waals surface area contributed by atoms with Crippen LogP contribution in [0.1, 0.15) is 51.0 Å². The summed E-state index contributed by atoms with van der Waals surface area (Å²) in [5, 5.41) is 9.24. The van der Waals surface area contributed by atoms with Gasteiger partial charge in [-0.05, 0) is 37.3 Å². The van der Waals surface area contributed by atoms with Crippen molar-refractivity contribution in [1.29, 1.82) is 0 Å². The summed E-state index contributed by atoms with van der Waals surface area (Å²) in [6, 6.07) is 9.59. The van der Waals surface area contributed by atoms with Crippen molar-refractivity contribution in [3.05, 3.63) is 29.8 Å². The monoisotopic (exact) mass is 287 g/mol. The van der Waals surface area contributed by atoms with Gasteiger partial charge in [0, 0.05) is 17.8 Å². The second-order valence-electron chi connectivity index (χ2n) is 6.66. The van der Waals surface area contributed by atoms with Crippen molar-refractivity contribution in [3.8, 4) is 0 Å². The molecule has 2 unspecified atom stereocenters. The molecule has 0 spiro atoms.